The molecule has 7 nitrogen and oxygen atoms in total. The third kappa shape index (κ3) is 28.1. The summed E-state index contributed by atoms with van der Waals surface area (Å²) >= 11 is 0. The molecule has 62 valence electrons. The fraction of sp³-hybridized carbons (Fsp3) is 0. The maximum Gasteiger partial charge on any atom is 2.00 e. The van der Waals surface area contributed by atoms with Gasteiger partial charge in [-0.15, -0.1) is 0 Å². The Morgan fingerprint density at radius 1 is 0.900 bits per heavy atom. The molecule has 0 amide bonds. The first-order valence-corrected chi connectivity index (χ1v) is 1.11. The van der Waals surface area contributed by atoms with Gasteiger partial charge in [-0.3, -0.25) is 0 Å². The smallest absolute Gasteiger partial charge is 1.00 e. The molecule has 0 bridgehead atoms. The first-order valence-electron chi connectivity index (χ1n) is 1.11. The van der Waals surface area contributed by atoms with Crippen molar-refractivity contribution < 1.29 is 39.1 Å². The van der Waals surface area contributed by atoms with Crippen LogP contribution in [0.2, 0.25) is 0 Å². The van der Waals surface area contributed by atoms with Crippen LogP contribution in [0.25, 0.3) is 0 Å². The molecular weight excluding hydrogens is 145 g/mol. The Bertz CT molecular complexity index is 85.4. The quantitative estimate of drug-likeness (QED) is 0.273. The van der Waals surface area contributed by atoms with Gasteiger partial charge >= 0.3 is 22.1 Å². The van der Waals surface area contributed by atoms with Crippen LogP contribution in [0.1, 0.15) is 2.85 Å². The largest absolute Gasteiger partial charge is 2.00 e. The van der Waals surface area contributed by atoms with Gasteiger partial charge in [0.2, 0.25) is 0 Å². The molecule has 10 heavy (non-hydrogen) atoms. The maximum atomic E-state index is 9.10. The van der Waals surface area contributed by atoms with E-state index in [2.05, 4.69) is 0 Å². The molecule has 0 fully saturated rings. The van der Waals surface area contributed by atoms with Gasteiger partial charge in [0.05, 0.1) is 0 Å². The number of carboxylic acids is 2. The third-order valence-electron chi connectivity index (χ3n) is 0.183. The minimum atomic E-state index is -1.82. The predicted molar refractivity (Wildman–Crippen MR) is 34.1 cm³/mol. The molecule has 8 heteroatoms. The first kappa shape index (κ1) is 36.1. The van der Waals surface area contributed by atoms with Gasteiger partial charge in [0, 0.05) is 0 Å². The number of carbonyl (C=O) groups is 2. The Hall–Kier alpha value is -1.01. The van der Waals surface area contributed by atoms with Crippen molar-refractivity contribution in [3.05, 3.63) is 0 Å². The fourth-order valence-corrected chi connectivity index (χ4v) is 0. The molecule has 0 aliphatic heterocycles. The van der Waals surface area contributed by atoms with Crippen LogP contribution in [0.5, 0.6) is 0 Å². The van der Waals surface area contributed by atoms with E-state index in [0.29, 0.717) is 0 Å². The molecule has 0 aliphatic carbocycles. The van der Waals surface area contributed by atoms with Crippen molar-refractivity contribution >= 4 is 22.1 Å². The summed E-state index contributed by atoms with van der Waals surface area (Å²) in [4.78, 5) is 18.2. The van der Waals surface area contributed by atoms with Gasteiger partial charge in [-0.1, -0.05) is 0 Å². The molecule has 0 aromatic rings. The molecule has 0 saturated heterocycles. The van der Waals surface area contributed by atoms with Crippen LogP contribution < -0.4 is 0 Å². The monoisotopic (exact) mass is 155 g/mol. The molecular formula is C2H10BeO7. The second-order valence-corrected chi connectivity index (χ2v) is 0.610. The number of aliphatic carboxylic acids is 2. The van der Waals surface area contributed by atoms with Crippen molar-refractivity contribution in [1.29, 1.82) is 0 Å². The minimum Gasteiger partial charge on any atom is -1.00 e. The Morgan fingerprint density at radius 3 is 1.00 bits per heavy atom. The van der Waals surface area contributed by atoms with E-state index in [9.17, 15) is 0 Å². The molecule has 0 heterocycles. The van der Waals surface area contributed by atoms with E-state index in [1.54, 1.807) is 0 Å². The van der Waals surface area contributed by atoms with Gasteiger partial charge in [0.25, 0.3) is 0 Å². The van der Waals surface area contributed by atoms with Crippen LogP contribution in [0, 0.1) is 0 Å². The van der Waals surface area contributed by atoms with Gasteiger partial charge in [-0.25, -0.2) is 9.59 Å². The van der Waals surface area contributed by atoms with Crippen molar-refractivity contribution in [1.82, 2.24) is 0 Å². The molecule has 0 atom stereocenters. The van der Waals surface area contributed by atoms with Crippen LogP contribution in [-0.4, -0.2) is 48.7 Å². The van der Waals surface area contributed by atoms with E-state index in [1.807, 2.05) is 0 Å². The van der Waals surface area contributed by atoms with Gasteiger partial charge in [0.1, 0.15) is 0 Å². The average molecular weight is 155 g/mol. The van der Waals surface area contributed by atoms with E-state index in [1.165, 1.54) is 0 Å². The first-order chi connectivity index (χ1) is 2.64. The van der Waals surface area contributed by atoms with E-state index < -0.39 is 11.9 Å². The van der Waals surface area contributed by atoms with E-state index >= 15 is 0 Å². The van der Waals surface area contributed by atoms with Crippen molar-refractivity contribution in [2.75, 3.05) is 0 Å². The Labute approximate surface area is 62.4 Å². The standard InChI is InChI=1S/C2H2O4.Be.3H2O.2H/c3-1(4)2(5)6;;;;;;/h(H,3,4)(H,5,6);;3*1H2;;/q;+2;;;;2*-1. The van der Waals surface area contributed by atoms with Crippen LogP contribution >= 0.6 is 0 Å². The average Bonchev–Trinajstić information content (AvgIpc) is 1.36. The molecule has 0 spiro atoms. The summed E-state index contributed by atoms with van der Waals surface area (Å²) in [5, 5.41) is 14.8. The van der Waals surface area contributed by atoms with Crippen LogP contribution in [0.3, 0.4) is 0 Å². The van der Waals surface area contributed by atoms with Gasteiger partial charge in [0.15, 0.2) is 0 Å². The molecule has 0 rings (SSSR count). The summed E-state index contributed by atoms with van der Waals surface area (Å²) in [7, 11) is 0. The molecule has 0 radical (unpaired) electrons. The Kier molecular flexibility index (Phi) is 56.5. The second-order valence-electron chi connectivity index (χ2n) is 0.610. The maximum absolute atomic E-state index is 9.10. The zero-order valence-corrected chi connectivity index (χ0v) is 4.92. The van der Waals surface area contributed by atoms with Crippen molar-refractivity contribution in [3.63, 3.8) is 0 Å². The summed E-state index contributed by atoms with van der Waals surface area (Å²) in [6.45, 7) is 0. The Balaban J connectivity index is -0.00000000833. The van der Waals surface area contributed by atoms with Gasteiger partial charge in [-0.05, 0) is 0 Å². The number of rotatable bonds is 0. The summed E-state index contributed by atoms with van der Waals surface area (Å²) < 4.78 is 0. The molecule has 0 aromatic heterocycles. The summed E-state index contributed by atoms with van der Waals surface area (Å²) in [5.41, 5.74) is 0. The Morgan fingerprint density at radius 2 is 1.00 bits per heavy atom. The van der Waals surface area contributed by atoms with Gasteiger partial charge < -0.3 is 29.5 Å². The normalized spacial score (nSPS) is 4.40. The van der Waals surface area contributed by atoms with Crippen molar-refractivity contribution in [2.24, 2.45) is 0 Å². The SMILES string of the molecule is O.O.O.O=C(O)C(=O)O.[Be+2].[H-].[H-]. The number of carboxylic acid groups (broad SMARTS) is 2. The van der Waals surface area contributed by atoms with E-state index in [0.717, 1.165) is 0 Å². The van der Waals surface area contributed by atoms with E-state index in [4.69, 9.17) is 19.8 Å². The van der Waals surface area contributed by atoms with Crippen LogP contribution in [0.4, 0.5) is 0 Å². The van der Waals surface area contributed by atoms with Crippen LogP contribution in [0.15, 0.2) is 0 Å². The zero-order valence-electron chi connectivity index (χ0n) is 6.92. The fourth-order valence-electron chi connectivity index (χ4n) is 0. The van der Waals surface area contributed by atoms with Crippen molar-refractivity contribution in [3.8, 4) is 0 Å². The summed E-state index contributed by atoms with van der Waals surface area (Å²) in [5.74, 6) is -3.65. The molecule has 0 aromatic carbocycles. The molecule has 0 saturated carbocycles. The zero-order chi connectivity index (χ0) is 5.15. The van der Waals surface area contributed by atoms with Crippen LogP contribution in [-0.2, 0) is 9.59 Å². The second kappa shape index (κ2) is 15.7. The third-order valence-corrected chi connectivity index (χ3v) is 0.183. The minimum absolute atomic E-state index is 0. The molecule has 0 unspecified atom stereocenters. The van der Waals surface area contributed by atoms with Gasteiger partial charge in [-0.2, -0.15) is 0 Å². The predicted octanol–water partition coefficient (Wildman–Crippen LogP) is -3.47. The summed E-state index contributed by atoms with van der Waals surface area (Å²) in [6.07, 6.45) is 0. The molecule has 8 N–H and O–H groups in total. The summed E-state index contributed by atoms with van der Waals surface area (Å²) in [6, 6.07) is 0. The van der Waals surface area contributed by atoms with E-state index in [-0.39, 0.29) is 29.4 Å². The van der Waals surface area contributed by atoms with Crippen molar-refractivity contribution in [2.45, 2.75) is 0 Å². The topological polar surface area (TPSA) is 169 Å². The molecule has 0 aliphatic rings. The number of hydrogen-bond acceptors (Lipinski definition) is 2. The number of hydrogen-bond donors (Lipinski definition) is 2.